The fraction of sp³-hybridized carbons (Fsp3) is 1.00. The van der Waals surface area contributed by atoms with Crippen LogP contribution in [0.1, 0.15) is 65.2 Å². The van der Waals surface area contributed by atoms with Gasteiger partial charge in [-0.05, 0) is 12.8 Å². The van der Waals surface area contributed by atoms with Crippen molar-refractivity contribution in [2.45, 2.75) is 71.3 Å². The van der Waals surface area contributed by atoms with Crippen LogP contribution in [0.4, 0.5) is 0 Å². The van der Waals surface area contributed by atoms with Crippen LogP contribution in [0.2, 0.25) is 0 Å². The van der Waals surface area contributed by atoms with Crippen molar-refractivity contribution >= 4 is 0 Å². The normalized spacial score (nSPS) is 13.2. The summed E-state index contributed by atoms with van der Waals surface area (Å²) in [4.78, 5) is 0. The van der Waals surface area contributed by atoms with Gasteiger partial charge in [0.25, 0.3) is 0 Å². The molecule has 80 valence electrons. The number of ether oxygens (including phenoxy) is 1. The van der Waals surface area contributed by atoms with Crippen molar-refractivity contribution in [2.75, 3.05) is 7.11 Å². The van der Waals surface area contributed by atoms with Gasteiger partial charge >= 0.3 is 0 Å². The molecule has 0 spiro atoms. The predicted molar refractivity (Wildman–Crippen MR) is 59.1 cm³/mol. The highest BCUT2D eigenvalue weighted by molar-refractivity contribution is 4.57. The molecular formula is C12H26O. The maximum atomic E-state index is 5.43. The molecule has 0 aromatic carbocycles. The van der Waals surface area contributed by atoms with E-state index in [9.17, 15) is 0 Å². The standard InChI is InChI=1S/C12H26O/c1-4-6-8-9-11-12(13-3)10-7-5-2/h12H,4-11H2,1-3H3/t12-/m0/s1. The van der Waals surface area contributed by atoms with Crippen molar-refractivity contribution in [2.24, 2.45) is 0 Å². The molecule has 0 aliphatic rings. The molecule has 13 heavy (non-hydrogen) atoms. The Balaban J connectivity index is 3.25. The van der Waals surface area contributed by atoms with Crippen molar-refractivity contribution in [1.82, 2.24) is 0 Å². The lowest BCUT2D eigenvalue weighted by Gasteiger charge is -2.14. The van der Waals surface area contributed by atoms with Crippen molar-refractivity contribution in [1.29, 1.82) is 0 Å². The van der Waals surface area contributed by atoms with E-state index in [1.807, 2.05) is 7.11 Å². The Hall–Kier alpha value is -0.0400. The molecule has 0 heterocycles. The van der Waals surface area contributed by atoms with Gasteiger partial charge < -0.3 is 4.74 Å². The minimum absolute atomic E-state index is 0.525. The Kier molecular flexibility index (Phi) is 10.0. The highest BCUT2D eigenvalue weighted by atomic mass is 16.5. The largest absolute Gasteiger partial charge is 0.381 e. The number of rotatable bonds is 9. The summed E-state index contributed by atoms with van der Waals surface area (Å²) >= 11 is 0. The second-order valence-corrected chi connectivity index (χ2v) is 3.85. The molecular weight excluding hydrogens is 160 g/mol. The summed E-state index contributed by atoms with van der Waals surface area (Å²) in [5, 5.41) is 0. The number of unbranched alkanes of at least 4 members (excludes halogenated alkanes) is 4. The first-order valence-corrected chi connectivity index (χ1v) is 5.87. The predicted octanol–water partition coefficient (Wildman–Crippen LogP) is 4.16. The van der Waals surface area contributed by atoms with Gasteiger partial charge in [-0.2, -0.15) is 0 Å². The molecule has 1 nitrogen and oxygen atoms in total. The first kappa shape index (κ1) is 13.0. The summed E-state index contributed by atoms with van der Waals surface area (Å²) in [6.45, 7) is 4.49. The molecule has 1 atom stereocenters. The van der Waals surface area contributed by atoms with E-state index in [4.69, 9.17) is 4.74 Å². The molecule has 0 radical (unpaired) electrons. The second kappa shape index (κ2) is 10.0. The van der Waals surface area contributed by atoms with Crippen molar-refractivity contribution in [3.8, 4) is 0 Å². The van der Waals surface area contributed by atoms with Crippen molar-refractivity contribution in [3.05, 3.63) is 0 Å². The fourth-order valence-electron chi connectivity index (χ4n) is 1.61. The third-order valence-corrected chi connectivity index (χ3v) is 2.59. The van der Waals surface area contributed by atoms with Crippen LogP contribution in [-0.2, 0) is 4.74 Å². The van der Waals surface area contributed by atoms with E-state index in [1.165, 1.54) is 51.4 Å². The van der Waals surface area contributed by atoms with Crippen LogP contribution in [0.25, 0.3) is 0 Å². The van der Waals surface area contributed by atoms with Crippen LogP contribution in [0.15, 0.2) is 0 Å². The number of methoxy groups -OCH3 is 1. The van der Waals surface area contributed by atoms with Gasteiger partial charge in [-0.25, -0.2) is 0 Å². The Morgan fingerprint density at radius 1 is 0.846 bits per heavy atom. The Labute approximate surface area is 83.9 Å². The van der Waals surface area contributed by atoms with E-state index in [-0.39, 0.29) is 0 Å². The van der Waals surface area contributed by atoms with Gasteiger partial charge in [0.2, 0.25) is 0 Å². The molecule has 0 aromatic heterocycles. The Morgan fingerprint density at radius 3 is 2.00 bits per heavy atom. The monoisotopic (exact) mass is 186 g/mol. The van der Waals surface area contributed by atoms with E-state index in [0.717, 1.165) is 0 Å². The second-order valence-electron chi connectivity index (χ2n) is 3.85. The summed E-state index contributed by atoms with van der Waals surface area (Å²) in [5.74, 6) is 0. The van der Waals surface area contributed by atoms with Crippen LogP contribution in [0.3, 0.4) is 0 Å². The lowest BCUT2D eigenvalue weighted by Crippen LogP contribution is -2.09. The van der Waals surface area contributed by atoms with Crippen LogP contribution in [0.5, 0.6) is 0 Å². The van der Waals surface area contributed by atoms with E-state index >= 15 is 0 Å². The highest BCUT2D eigenvalue weighted by Crippen LogP contribution is 2.12. The van der Waals surface area contributed by atoms with Gasteiger partial charge in [0.1, 0.15) is 0 Å². The lowest BCUT2D eigenvalue weighted by molar-refractivity contribution is 0.0837. The first-order valence-electron chi connectivity index (χ1n) is 5.87. The molecule has 0 aliphatic heterocycles. The average Bonchev–Trinajstić information content (AvgIpc) is 2.17. The van der Waals surface area contributed by atoms with Gasteiger partial charge in [-0.1, -0.05) is 52.4 Å². The average molecular weight is 186 g/mol. The van der Waals surface area contributed by atoms with Gasteiger partial charge in [-0.3, -0.25) is 0 Å². The van der Waals surface area contributed by atoms with E-state index in [2.05, 4.69) is 13.8 Å². The molecule has 0 amide bonds. The number of hydrogen-bond acceptors (Lipinski definition) is 1. The van der Waals surface area contributed by atoms with Gasteiger partial charge in [0.15, 0.2) is 0 Å². The topological polar surface area (TPSA) is 9.23 Å². The third-order valence-electron chi connectivity index (χ3n) is 2.59. The van der Waals surface area contributed by atoms with E-state index < -0.39 is 0 Å². The quantitative estimate of drug-likeness (QED) is 0.491. The van der Waals surface area contributed by atoms with E-state index in [1.54, 1.807) is 0 Å². The molecule has 0 rings (SSSR count). The van der Waals surface area contributed by atoms with E-state index in [0.29, 0.717) is 6.10 Å². The van der Waals surface area contributed by atoms with Crippen LogP contribution in [0, 0.1) is 0 Å². The SMILES string of the molecule is CCCCCC[C@H](CCCC)OC. The number of hydrogen-bond donors (Lipinski definition) is 0. The zero-order valence-corrected chi connectivity index (χ0v) is 9.64. The van der Waals surface area contributed by atoms with Crippen molar-refractivity contribution in [3.63, 3.8) is 0 Å². The maximum Gasteiger partial charge on any atom is 0.0571 e. The molecule has 0 saturated heterocycles. The summed E-state index contributed by atoms with van der Waals surface area (Å²) in [6.07, 6.45) is 11.1. The first-order chi connectivity index (χ1) is 6.35. The smallest absolute Gasteiger partial charge is 0.0571 e. The third kappa shape index (κ3) is 8.29. The highest BCUT2D eigenvalue weighted by Gasteiger charge is 2.05. The zero-order chi connectivity index (χ0) is 9.94. The summed E-state index contributed by atoms with van der Waals surface area (Å²) in [5.41, 5.74) is 0. The van der Waals surface area contributed by atoms with Gasteiger partial charge in [0, 0.05) is 7.11 Å². The minimum atomic E-state index is 0.525. The summed E-state index contributed by atoms with van der Waals surface area (Å²) in [6, 6.07) is 0. The summed E-state index contributed by atoms with van der Waals surface area (Å²) in [7, 11) is 1.85. The van der Waals surface area contributed by atoms with Gasteiger partial charge in [0.05, 0.1) is 6.10 Å². The molecule has 0 bridgehead atoms. The zero-order valence-electron chi connectivity index (χ0n) is 9.64. The van der Waals surface area contributed by atoms with Crippen LogP contribution < -0.4 is 0 Å². The minimum Gasteiger partial charge on any atom is -0.381 e. The molecule has 0 aliphatic carbocycles. The van der Waals surface area contributed by atoms with Crippen molar-refractivity contribution < 1.29 is 4.74 Å². The van der Waals surface area contributed by atoms with Crippen LogP contribution in [-0.4, -0.2) is 13.2 Å². The Morgan fingerprint density at radius 2 is 1.46 bits per heavy atom. The lowest BCUT2D eigenvalue weighted by atomic mass is 10.0. The molecule has 0 saturated carbocycles. The fourth-order valence-corrected chi connectivity index (χ4v) is 1.61. The molecule has 0 aromatic rings. The van der Waals surface area contributed by atoms with Crippen LogP contribution >= 0.6 is 0 Å². The van der Waals surface area contributed by atoms with Gasteiger partial charge in [-0.15, -0.1) is 0 Å². The Bertz CT molecular complexity index is 91.1. The molecule has 0 unspecified atom stereocenters. The summed E-state index contributed by atoms with van der Waals surface area (Å²) < 4.78 is 5.43. The molecule has 0 fully saturated rings. The maximum absolute atomic E-state index is 5.43. The molecule has 1 heteroatoms. The molecule has 0 N–H and O–H groups in total.